The third-order valence-corrected chi connectivity index (χ3v) is 3.40. The molecule has 0 amide bonds. The van der Waals surface area contributed by atoms with Crippen LogP contribution >= 0.6 is 11.8 Å². The third kappa shape index (κ3) is 4.43. The van der Waals surface area contributed by atoms with Crippen molar-refractivity contribution >= 4 is 11.8 Å². The van der Waals surface area contributed by atoms with Crippen LogP contribution in [-0.4, -0.2) is 31.4 Å². The van der Waals surface area contributed by atoms with Crippen LogP contribution in [-0.2, 0) is 4.74 Å². The number of ether oxygens (including phenoxy) is 2. The van der Waals surface area contributed by atoms with Crippen molar-refractivity contribution in [3.8, 4) is 5.75 Å². The summed E-state index contributed by atoms with van der Waals surface area (Å²) >= 11 is 1.69. The molecule has 0 aliphatic carbocycles. The number of aliphatic hydroxyl groups is 1. The lowest BCUT2D eigenvalue weighted by Crippen LogP contribution is -2.04. The van der Waals surface area contributed by atoms with Gasteiger partial charge in [0.1, 0.15) is 5.75 Å². The highest BCUT2D eigenvalue weighted by atomic mass is 32.2. The quantitative estimate of drug-likeness (QED) is 0.588. The summed E-state index contributed by atoms with van der Waals surface area (Å²) in [4.78, 5) is 1.08. The second-order valence-corrected chi connectivity index (χ2v) is 4.66. The highest BCUT2D eigenvalue weighted by molar-refractivity contribution is 7.99. The van der Waals surface area contributed by atoms with Crippen molar-refractivity contribution in [1.82, 2.24) is 0 Å². The minimum absolute atomic E-state index is 0.216. The largest absolute Gasteiger partial charge is 0.466 e. The van der Waals surface area contributed by atoms with Gasteiger partial charge >= 0.3 is 0 Å². The molecule has 0 saturated heterocycles. The molecule has 0 spiro atoms. The van der Waals surface area contributed by atoms with Crippen molar-refractivity contribution in [2.75, 3.05) is 26.3 Å². The lowest BCUT2D eigenvalue weighted by molar-refractivity contribution is 0.0491. The smallest absolute Gasteiger partial charge is 0.188 e. The van der Waals surface area contributed by atoms with Gasteiger partial charge in [0.15, 0.2) is 6.79 Å². The Labute approximate surface area is 101 Å². The number of methoxy groups -OCH3 is 1. The van der Waals surface area contributed by atoms with E-state index in [1.165, 1.54) is 0 Å². The highest BCUT2D eigenvalue weighted by Crippen LogP contribution is 2.30. The van der Waals surface area contributed by atoms with E-state index in [0.29, 0.717) is 5.92 Å². The summed E-state index contributed by atoms with van der Waals surface area (Å²) in [5, 5.41) is 8.96. The first-order valence-electron chi connectivity index (χ1n) is 5.22. The molecule has 0 aliphatic heterocycles. The molecule has 0 bridgehead atoms. The van der Waals surface area contributed by atoms with Gasteiger partial charge in [-0.15, -0.1) is 11.8 Å². The van der Waals surface area contributed by atoms with Crippen LogP contribution in [0.5, 0.6) is 5.75 Å². The van der Waals surface area contributed by atoms with Gasteiger partial charge in [0.2, 0.25) is 0 Å². The van der Waals surface area contributed by atoms with Crippen molar-refractivity contribution in [3.63, 3.8) is 0 Å². The minimum Gasteiger partial charge on any atom is -0.466 e. The SMILES string of the molecule is COCOc1ccccc1SC[C@@H](C)CO. The summed E-state index contributed by atoms with van der Waals surface area (Å²) < 4.78 is 10.3. The number of rotatable bonds is 7. The maximum Gasteiger partial charge on any atom is 0.188 e. The Hall–Kier alpha value is -0.710. The summed E-state index contributed by atoms with van der Waals surface area (Å²) in [5.41, 5.74) is 0. The maximum absolute atomic E-state index is 8.96. The molecule has 0 fully saturated rings. The second kappa shape index (κ2) is 7.54. The second-order valence-electron chi connectivity index (χ2n) is 3.60. The van der Waals surface area contributed by atoms with E-state index in [1.807, 2.05) is 31.2 Å². The van der Waals surface area contributed by atoms with Crippen LogP contribution in [0.15, 0.2) is 29.2 Å². The molecule has 0 aliphatic rings. The van der Waals surface area contributed by atoms with Gasteiger partial charge in [-0.1, -0.05) is 19.1 Å². The number of thioether (sulfide) groups is 1. The summed E-state index contributed by atoms with van der Waals surface area (Å²) in [7, 11) is 1.60. The first-order valence-corrected chi connectivity index (χ1v) is 6.21. The van der Waals surface area contributed by atoms with Gasteiger partial charge in [-0.2, -0.15) is 0 Å². The lowest BCUT2D eigenvalue weighted by atomic mass is 10.2. The Balaban J connectivity index is 2.56. The van der Waals surface area contributed by atoms with Gasteiger partial charge in [-0.3, -0.25) is 0 Å². The molecular weight excluding hydrogens is 224 g/mol. The van der Waals surface area contributed by atoms with E-state index in [4.69, 9.17) is 14.6 Å². The molecule has 0 saturated carbocycles. The van der Waals surface area contributed by atoms with Crippen molar-refractivity contribution < 1.29 is 14.6 Å². The van der Waals surface area contributed by atoms with Crippen LogP contribution in [0.25, 0.3) is 0 Å². The Morgan fingerprint density at radius 2 is 2.12 bits per heavy atom. The molecule has 0 radical (unpaired) electrons. The number of para-hydroxylation sites is 1. The number of benzene rings is 1. The van der Waals surface area contributed by atoms with E-state index in [9.17, 15) is 0 Å². The fourth-order valence-corrected chi connectivity index (χ4v) is 2.11. The molecule has 0 unspecified atom stereocenters. The minimum atomic E-state index is 0.216. The van der Waals surface area contributed by atoms with E-state index < -0.39 is 0 Å². The van der Waals surface area contributed by atoms with Crippen molar-refractivity contribution in [2.24, 2.45) is 5.92 Å². The van der Waals surface area contributed by atoms with Gasteiger partial charge in [-0.05, 0) is 18.1 Å². The van der Waals surface area contributed by atoms with Crippen LogP contribution in [0.1, 0.15) is 6.92 Å². The topological polar surface area (TPSA) is 38.7 Å². The Morgan fingerprint density at radius 1 is 1.38 bits per heavy atom. The normalized spacial score (nSPS) is 12.4. The van der Waals surface area contributed by atoms with Gasteiger partial charge < -0.3 is 14.6 Å². The van der Waals surface area contributed by atoms with Crippen LogP contribution in [0.2, 0.25) is 0 Å². The molecule has 4 heteroatoms. The monoisotopic (exact) mass is 242 g/mol. The Kier molecular flexibility index (Phi) is 6.30. The van der Waals surface area contributed by atoms with E-state index >= 15 is 0 Å². The zero-order chi connectivity index (χ0) is 11.8. The Bertz CT molecular complexity index is 304. The highest BCUT2D eigenvalue weighted by Gasteiger charge is 2.06. The molecule has 1 N–H and O–H groups in total. The molecule has 1 aromatic rings. The predicted octanol–water partition coefficient (Wildman–Crippen LogP) is 2.39. The van der Waals surface area contributed by atoms with Gasteiger partial charge in [0, 0.05) is 24.4 Å². The van der Waals surface area contributed by atoms with E-state index in [2.05, 4.69) is 0 Å². The van der Waals surface area contributed by atoms with Crippen LogP contribution in [0.4, 0.5) is 0 Å². The first-order chi connectivity index (χ1) is 7.77. The number of hydrogen-bond donors (Lipinski definition) is 1. The van der Waals surface area contributed by atoms with Gasteiger partial charge in [0.25, 0.3) is 0 Å². The van der Waals surface area contributed by atoms with Crippen molar-refractivity contribution in [1.29, 1.82) is 0 Å². The zero-order valence-corrected chi connectivity index (χ0v) is 10.5. The molecule has 0 aromatic heterocycles. The average molecular weight is 242 g/mol. The molecule has 90 valence electrons. The molecule has 1 aromatic carbocycles. The molecule has 0 heterocycles. The zero-order valence-electron chi connectivity index (χ0n) is 9.68. The predicted molar refractivity (Wildman–Crippen MR) is 65.9 cm³/mol. The van der Waals surface area contributed by atoms with Gasteiger partial charge in [0.05, 0.1) is 0 Å². The van der Waals surface area contributed by atoms with Crippen LogP contribution < -0.4 is 4.74 Å². The molecule has 1 rings (SSSR count). The summed E-state index contributed by atoms with van der Waals surface area (Å²) in [5.74, 6) is 2.00. The summed E-state index contributed by atoms with van der Waals surface area (Å²) in [6.45, 7) is 2.49. The maximum atomic E-state index is 8.96. The first kappa shape index (κ1) is 13.4. The Morgan fingerprint density at radius 3 is 2.81 bits per heavy atom. The number of hydrogen-bond acceptors (Lipinski definition) is 4. The lowest BCUT2D eigenvalue weighted by Gasteiger charge is -2.11. The fraction of sp³-hybridized carbons (Fsp3) is 0.500. The summed E-state index contributed by atoms with van der Waals surface area (Å²) in [6.07, 6.45) is 0. The molecule has 3 nitrogen and oxygen atoms in total. The molecule has 16 heavy (non-hydrogen) atoms. The number of aliphatic hydroxyl groups excluding tert-OH is 1. The van der Waals surface area contributed by atoms with E-state index in [-0.39, 0.29) is 13.4 Å². The summed E-state index contributed by atoms with van der Waals surface area (Å²) in [6, 6.07) is 7.85. The van der Waals surface area contributed by atoms with E-state index in [1.54, 1.807) is 18.9 Å². The fourth-order valence-electron chi connectivity index (χ4n) is 1.10. The van der Waals surface area contributed by atoms with Crippen molar-refractivity contribution in [3.05, 3.63) is 24.3 Å². The average Bonchev–Trinajstić information content (AvgIpc) is 2.34. The van der Waals surface area contributed by atoms with Crippen molar-refractivity contribution in [2.45, 2.75) is 11.8 Å². The van der Waals surface area contributed by atoms with E-state index in [0.717, 1.165) is 16.4 Å². The third-order valence-electron chi connectivity index (χ3n) is 2.02. The van der Waals surface area contributed by atoms with Crippen LogP contribution in [0.3, 0.4) is 0 Å². The molecule has 1 atom stereocenters. The van der Waals surface area contributed by atoms with Crippen LogP contribution in [0, 0.1) is 5.92 Å². The van der Waals surface area contributed by atoms with Gasteiger partial charge in [-0.25, -0.2) is 0 Å². The molecular formula is C12H18O3S. The standard InChI is InChI=1S/C12H18O3S/c1-10(7-13)8-16-12-6-4-3-5-11(12)15-9-14-2/h3-6,10,13H,7-9H2,1-2H3/t10-/m0/s1.